The van der Waals surface area contributed by atoms with E-state index >= 15 is 0 Å². The Labute approximate surface area is 158 Å². The molecule has 0 amide bonds. The van der Waals surface area contributed by atoms with Gasteiger partial charge in [0, 0.05) is 5.56 Å². The predicted octanol–water partition coefficient (Wildman–Crippen LogP) is 3.65. The topological polar surface area (TPSA) is 70.1 Å². The van der Waals surface area contributed by atoms with Crippen molar-refractivity contribution in [3.8, 4) is 16.3 Å². The van der Waals surface area contributed by atoms with Crippen LogP contribution >= 0.6 is 11.3 Å². The van der Waals surface area contributed by atoms with Gasteiger partial charge in [0.15, 0.2) is 5.82 Å². The number of nitrogens with zero attached hydrogens (tertiary/aromatic N) is 6. The largest absolute Gasteiger partial charge is 0.494 e. The predicted molar refractivity (Wildman–Crippen MR) is 104 cm³/mol. The van der Waals surface area contributed by atoms with Crippen LogP contribution in [0.2, 0.25) is 0 Å². The van der Waals surface area contributed by atoms with Gasteiger partial charge in [-0.3, -0.25) is 0 Å². The summed E-state index contributed by atoms with van der Waals surface area (Å²) in [4.78, 5) is 5.21. The molecular weight excluding hydrogens is 360 g/mol. The summed E-state index contributed by atoms with van der Waals surface area (Å²) in [6, 6.07) is 16.0. The van der Waals surface area contributed by atoms with Crippen LogP contribution in [-0.2, 0) is 6.54 Å². The van der Waals surface area contributed by atoms with Crippen molar-refractivity contribution >= 4 is 27.3 Å². The minimum atomic E-state index is 0.564. The van der Waals surface area contributed by atoms with Crippen LogP contribution in [0.25, 0.3) is 26.6 Å². The monoisotopic (exact) mass is 376 g/mol. The minimum absolute atomic E-state index is 0.564. The van der Waals surface area contributed by atoms with E-state index in [1.807, 2.05) is 66.3 Å². The minimum Gasteiger partial charge on any atom is -0.494 e. The van der Waals surface area contributed by atoms with Gasteiger partial charge in [-0.15, -0.1) is 10.2 Å². The maximum absolute atomic E-state index is 5.50. The normalized spacial score (nSPS) is 11.4. The van der Waals surface area contributed by atoms with Crippen molar-refractivity contribution in [1.82, 2.24) is 29.4 Å². The lowest BCUT2D eigenvalue weighted by atomic mass is 10.2. The van der Waals surface area contributed by atoms with Gasteiger partial charge in [0.05, 0.1) is 30.5 Å². The summed E-state index contributed by atoms with van der Waals surface area (Å²) in [6.45, 7) is 3.19. The van der Waals surface area contributed by atoms with Gasteiger partial charge in [-0.25, -0.2) is 4.98 Å². The van der Waals surface area contributed by atoms with Gasteiger partial charge < -0.3 is 9.30 Å². The van der Waals surface area contributed by atoms with Crippen LogP contribution < -0.4 is 4.74 Å². The van der Waals surface area contributed by atoms with Crippen molar-refractivity contribution < 1.29 is 4.74 Å². The van der Waals surface area contributed by atoms with E-state index in [1.165, 1.54) is 11.3 Å². The second-order valence-electron chi connectivity index (χ2n) is 6.04. The van der Waals surface area contributed by atoms with E-state index < -0.39 is 0 Å². The molecule has 0 N–H and O–H groups in total. The molecule has 7 nitrogen and oxygen atoms in total. The van der Waals surface area contributed by atoms with E-state index in [-0.39, 0.29) is 0 Å². The molecule has 134 valence electrons. The summed E-state index contributed by atoms with van der Waals surface area (Å²) in [7, 11) is 0. The molecule has 0 radical (unpaired) electrons. The van der Waals surface area contributed by atoms with E-state index in [0.29, 0.717) is 13.2 Å². The fourth-order valence-electron chi connectivity index (χ4n) is 3.02. The Balaban J connectivity index is 1.48. The average Bonchev–Trinajstić information content (AvgIpc) is 3.39. The maximum atomic E-state index is 5.50. The Hall–Kier alpha value is -3.26. The first-order chi connectivity index (χ1) is 13.3. The van der Waals surface area contributed by atoms with Crippen molar-refractivity contribution in [3.63, 3.8) is 0 Å². The number of aromatic nitrogens is 6. The fourth-order valence-corrected chi connectivity index (χ4v) is 3.89. The van der Waals surface area contributed by atoms with Gasteiger partial charge in [0.25, 0.3) is 0 Å². The third-order valence-electron chi connectivity index (χ3n) is 4.31. The molecule has 0 aliphatic rings. The highest BCUT2D eigenvalue weighted by Crippen LogP contribution is 2.27. The molecule has 2 aromatic carbocycles. The van der Waals surface area contributed by atoms with Crippen LogP contribution in [0.5, 0.6) is 5.75 Å². The van der Waals surface area contributed by atoms with Crippen LogP contribution in [0.1, 0.15) is 12.7 Å². The molecule has 0 saturated carbocycles. The molecule has 8 heteroatoms. The first kappa shape index (κ1) is 16.0. The highest BCUT2D eigenvalue weighted by atomic mass is 32.1. The molecule has 3 aromatic heterocycles. The number of rotatable bonds is 5. The molecule has 0 aliphatic carbocycles. The van der Waals surface area contributed by atoms with Crippen LogP contribution in [0.3, 0.4) is 0 Å². The van der Waals surface area contributed by atoms with E-state index in [4.69, 9.17) is 9.84 Å². The van der Waals surface area contributed by atoms with E-state index in [9.17, 15) is 0 Å². The Morgan fingerprint density at radius 3 is 2.74 bits per heavy atom. The third kappa shape index (κ3) is 2.83. The van der Waals surface area contributed by atoms with Gasteiger partial charge in [0.1, 0.15) is 10.8 Å². The second kappa shape index (κ2) is 6.48. The molecule has 27 heavy (non-hydrogen) atoms. The van der Waals surface area contributed by atoms with Crippen molar-refractivity contribution in [1.29, 1.82) is 0 Å². The summed E-state index contributed by atoms with van der Waals surface area (Å²) < 4.78 is 9.37. The molecule has 0 fully saturated rings. The summed E-state index contributed by atoms with van der Waals surface area (Å²) in [6.07, 6.45) is 1.82. The molecule has 0 aliphatic heterocycles. The molecule has 0 bridgehead atoms. The van der Waals surface area contributed by atoms with Crippen LogP contribution in [0, 0.1) is 0 Å². The number of benzene rings is 2. The van der Waals surface area contributed by atoms with Gasteiger partial charge >= 0.3 is 0 Å². The molecule has 5 aromatic rings. The van der Waals surface area contributed by atoms with Crippen molar-refractivity contribution in [2.45, 2.75) is 13.5 Å². The highest BCUT2D eigenvalue weighted by molar-refractivity contribution is 7.19. The van der Waals surface area contributed by atoms with Gasteiger partial charge in [-0.1, -0.05) is 23.5 Å². The summed E-state index contributed by atoms with van der Waals surface area (Å²) >= 11 is 1.52. The molecule has 0 atom stereocenters. The van der Waals surface area contributed by atoms with Crippen molar-refractivity contribution in [3.05, 3.63) is 60.7 Å². The van der Waals surface area contributed by atoms with Crippen molar-refractivity contribution in [2.75, 3.05) is 6.61 Å². The Bertz CT molecular complexity index is 1220. The van der Waals surface area contributed by atoms with Gasteiger partial charge in [0.2, 0.25) is 4.96 Å². The molecule has 0 unspecified atom stereocenters. The lowest BCUT2D eigenvalue weighted by Gasteiger charge is -2.03. The maximum Gasteiger partial charge on any atom is 0.235 e. The zero-order valence-corrected chi connectivity index (χ0v) is 15.4. The quantitative estimate of drug-likeness (QED) is 0.468. The number of fused-ring (bicyclic) bond motifs is 2. The van der Waals surface area contributed by atoms with Crippen LogP contribution in [0.4, 0.5) is 0 Å². The number of para-hydroxylation sites is 2. The molecule has 5 rings (SSSR count). The standard InChI is InChI=1S/C19H16N6OS/c1-2-26-14-9-7-13(8-10-14)18-23-25-17(21-22-19(25)27-18)11-24-12-20-15-5-3-4-6-16(15)24/h3-10,12H,2,11H2,1H3. The number of hydrogen-bond donors (Lipinski definition) is 0. The lowest BCUT2D eigenvalue weighted by molar-refractivity contribution is 0.340. The fraction of sp³-hybridized carbons (Fsp3) is 0.158. The average molecular weight is 376 g/mol. The molecular formula is C19H16N6OS. The van der Waals surface area contributed by atoms with Crippen molar-refractivity contribution in [2.24, 2.45) is 0 Å². The zero-order valence-electron chi connectivity index (χ0n) is 14.6. The Morgan fingerprint density at radius 2 is 1.89 bits per heavy atom. The molecule has 0 spiro atoms. The first-order valence-corrected chi connectivity index (χ1v) is 9.47. The summed E-state index contributed by atoms with van der Waals surface area (Å²) in [5.41, 5.74) is 3.07. The first-order valence-electron chi connectivity index (χ1n) is 8.66. The summed E-state index contributed by atoms with van der Waals surface area (Å²) in [5.74, 6) is 1.64. The Kier molecular flexibility index (Phi) is 3.83. The van der Waals surface area contributed by atoms with Gasteiger partial charge in [-0.05, 0) is 43.3 Å². The lowest BCUT2D eigenvalue weighted by Crippen LogP contribution is -2.04. The summed E-state index contributed by atoms with van der Waals surface area (Å²) in [5, 5.41) is 14.2. The van der Waals surface area contributed by atoms with Gasteiger partial charge in [-0.2, -0.15) is 9.61 Å². The SMILES string of the molecule is CCOc1ccc(-c2nn3c(Cn4cnc5ccccc54)nnc3s2)cc1. The number of ether oxygens (including phenoxy) is 1. The highest BCUT2D eigenvalue weighted by Gasteiger charge is 2.14. The molecule has 3 heterocycles. The number of imidazole rings is 1. The second-order valence-corrected chi connectivity index (χ2v) is 6.99. The third-order valence-corrected chi connectivity index (χ3v) is 5.25. The van der Waals surface area contributed by atoms with Crippen LogP contribution in [0.15, 0.2) is 54.9 Å². The number of hydrogen-bond acceptors (Lipinski definition) is 6. The Morgan fingerprint density at radius 1 is 1.04 bits per heavy atom. The molecule has 0 saturated heterocycles. The smallest absolute Gasteiger partial charge is 0.235 e. The zero-order chi connectivity index (χ0) is 18.2. The van der Waals surface area contributed by atoms with E-state index in [0.717, 1.165) is 38.1 Å². The van der Waals surface area contributed by atoms with E-state index in [2.05, 4.69) is 19.7 Å². The van der Waals surface area contributed by atoms with Crippen LogP contribution in [-0.4, -0.2) is 36.0 Å². The van der Waals surface area contributed by atoms with E-state index in [1.54, 1.807) is 0 Å².